The van der Waals surface area contributed by atoms with Crippen LogP contribution in [0.15, 0.2) is 24.4 Å². The molecule has 0 unspecified atom stereocenters. The number of hydrogen-bond acceptors (Lipinski definition) is 4. The van der Waals surface area contributed by atoms with Crippen molar-refractivity contribution in [2.24, 2.45) is 0 Å². The maximum absolute atomic E-state index is 11.5. The number of likely N-dealkylation sites (tertiary alicyclic amines) is 1. The predicted molar refractivity (Wildman–Crippen MR) is 110 cm³/mol. The van der Waals surface area contributed by atoms with E-state index in [-0.39, 0.29) is 5.91 Å². The summed E-state index contributed by atoms with van der Waals surface area (Å²) in [7, 11) is 0. The molecule has 0 bridgehead atoms. The van der Waals surface area contributed by atoms with Crippen molar-refractivity contribution in [3.63, 3.8) is 0 Å². The number of aromatic nitrogens is 2. The van der Waals surface area contributed by atoms with Crippen molar-refractivity contribution in [3.05, 3.63) is 58.2 Å². The normalized spacial score (nSPS) is 18.2. The number of piperidine rings is 1. The Labute approximate surface area is 167 Å². The second-order valence-corrected chi connectivity index (χ2v) is 8.36. The first-order valence-corrected chi connectivity index (χ1v) is 10.4. The molecule has 1 amide bonds. The molecule has 2 aliphatic rings. The fourth-order valence-corrected chi connectivity index (χ4v) is 4.33. The molecule has 1 aromatic carbocycles. The number of rotatable bonds is 3. The van der Waals surface area contributed by atoms with E-state index in [1.165, 1.54) is 27.9 Å². The summed E-state index contributed by atoms with van der Waals surface area (Å²) in [6, 6.07) is 6.76. The molecule has 0 N–H and O–H groups in total. The number of carbonyl (C=O) groups is 1. The first-order chi connectivity index (χ1) is 13.5. The van der Waals surface area contributed by atoms with Crippen LogP contribution in [0.3, 0.4) is 0 Å². The molecule has 5 heteroatoms. The van der Waals surface area contributed by atoms with Crippen molar-refractivity contribution < 1.29 is 4.79 Å². The van der Waals surface area contributed by atoms with Crippen LogP contribution in [0.25, 0.3) is 0 Å². The van der Waals surface area contributed by atoms with Crippen molar-refractivity contribution in [2.75, 3.05) is 19.6 Å². The largest absolute Gasteiger partial charge is 0.343 e. The van der Waals surface area contributed by atoms with Gasteiger partial charge < -0.3 is 4.90 Å². The number of nitrogens with zero attached hydrogens (tertiary/aromatic N) is 4. The zero-order chi connectivity index (χ0) is 19.7. The lowest BCUT2D eigenvalue weighted by atomic mass is 9.95. The fourth-order valence-electron chi connectivity index (χ4n) is 4.33. The maximum Gasteiger partial charge on any atom is 0.219 e. The molecule has 4 rings (SSSR count). The van der Waals surface area contributed by atoms with Gasteiger partial charge in [-0.05, 0) is 43.4 Å². The number of amides is 1. The molecule has 0 radical (unpaired) electrons. The molecule has 0 atom stereocenters. The van der Waals surface area contributed by atoms with Crippen LogP contribution in [0, 0.1) is 13.8 Å². The van der Waals surface area contributed by atoms with Crippen molar-refractivity contribution in [1.82, 2.24) is 19.8 Å². The van der Waals surface area contributed by atoms with Crippen LogP contribution in [-0.2, 0) is 24.3 Å². The molecule has 2 aliphatic heterocycles. The zero-order valence-corrected chi connectivity index (χ0v) is 17.2. The van der Waals surface area contributed by atoms with E-state index in [9.17, 15) is 4.79 Å². The predicted octanol–water partition coefficient (Wildman–Crippen LogP) is 3.38. The van der Waals surface area contributed by atoms with Gasteiger partial charge in [0.25, 0.3) is 0 Å². The van der Waals surface area contributed by atoms with E-state index in [1.807, 2.05) is 11.1 Å². The summed E-state index contributed by atoms with van der Waals surface area (Å²) in [5, 5.41) is 0. The average molecular weight is 379 g/mol. The molecule has 1 aromatic heterocycles. The Morgan fingerprint density at radius 1 is 1.14 bits per heavy atom. The smallest absolute Gasteiger partial charge is 0.219 e. The molecule has 5 nitrogen and oxygen atoms in total. The monoisotopic (exact) mass is 378 g/mol. The minimum absolute atomic E-state index is 0.175. The third-order valence-corrected chi connectivity index (χ3v) is 6.31. The SMILES string of the molecule is CC(=O)N1CCC(c2ncc3c(n2)CCN(Cc2ccc(C)c(C)c2)C3)CC1. The molecular weight excluding hydrogens is 348 g/mol. The molecule has 0 spiro atoms. The molecule has 148 valence electrons. The van der Waals surface area contributed by atoms with Crippen LogP contribution in [0.1, 0.15) is 59.5 Å². The highest BCUT2D eigenvalue weighted by molar-refractivity contribution is 5.73. The highest BCUT2D eigenvalue weighted by Gasteiger charge is 2.26. The van der Waals surface area contributed by atoms with Gasteiger partial charge in [-0.2, -0.15) is 0 Å². The first kappa shape index (κ1) is 19.1. The van der Waals surface area contributed by atoms with Crippen LogP contribution in [-0.4, -0.2) is 45.3 Å². The molecule has 0 saturated carbocycles. The van der Waals surface area contributed by atoms with Crippen LogP contribution in [0.5, 0.6) is 0 Å². The minimum atomic E-state index is 0.175. The molecule has 3 heterocycles. The molecule has 2 aromatic rings. The average Bonchev–Trinajstić information content (AvgIpc) is 2.70. The highest BCUT2D eigenvalue weighted by atomic mass is 16.2. The maximum atomic E-state index is 11.5. The van der Waals surface area contributed by atoms with E-state index in [0.717, 1.165) is 57.8 Å². The molecule has 28 heavy (non-hydrogen) atoms. The van der Waals surface area contributed by atoms with Gasteiger partial charge in [0.2, 0.25) is 5.91 Å². The van der Waals surface area contributed by atoms with Gasteiger partial charge in [-0.25, -0.2) is 9.97 Å². The van der Waals surface area contributed by atoms with E-state index < -0.39 is 0 Å². The number of carbonyl (C=O) groups excluding carboxylic acids is 1. The summed E-state index contributed by atoms with van der Waals surface area (Å²) >= 11 is 0. The number of benzene rings is 1. The van der Waals surface area contributed by atoms with E-state index in [2.05, 4.69) is 36.9 Å². The van der Waals surface area contributed by atoms with E-state index in [4.69, 9.17) is 9.97 Å². The van der Waals surface area contributed by atoms with Gasteiger partial charge in [-0.3, -0.25) is 9.69 Å². The summed E-state index contributed by atoms with van der Waals surface area (Å²) in [6.45, 7) is 10.6. The topological polar surface area (TPSA) is 49.3 Å². The second-order valence-electron chi connectivity index (χ2n) is 8.36. The Bertz CT molecular complexity index is 871. The summed E-state index contributed by atoms with van der Waals surface area (Å²) < 4.78 is 0. The summed E-state index contributed by atoms with van der Waals surface area (Å²) in [6.07, 6.45) is 4.97. The van der Waals surface area contributed by atoms with Gasteiger partial charge in [-0.1, -0.05) is 18.2 Å². The van der Waals surface area contributed by atoms with Crippen molar-refractivity contribution in [3.8, 4) is 0 Å². The number of aryl methyl sites for hydroxylation is 2. The summed E-state index contributed by atoms with van der Waals surface area (Å²) in [4.78, 5) is 25.6. The quantitative estimate of drug-likeness (QED) is 0.822. The Morgan fingerprint density at radius 2 is 1.93 bits per heavy atom. The van der Waals surface area contributed by atoms with Gasteiger partial charge in [0, 0.05) is 69.4 Å². The first-order valence-electron chi connectivity index (χ1n) is 10.4. The van der Waals surface area contributed by atoms with E-state index in [1.54, 1.807) is 6.92 Å². The third-order valence-electron chi connectivity index (χ3n) is 6.31. The van der Waals surface area contributed by atoms with E-state index in [0.29, 0.717) is 5.92 Å². The lowest BCUT2D eigenvalue weighted by Crippen LogP contribution is -2.37. The molecule has 1 fully saturated rings. The minimum Gasteiger partial charge on any atom is -0.343 e. The lowest BCUT2D eigenvalue weighted by Gasteiger charge is -2.32. The number of hydrogen-bond donors (Lipinski definition) is 0. The summed E-state index contributed by atoms with van der Waals surface area (Å²) in [5.74, 6) is 1.53. The van der Waals surface area contributed by atoms with Crippen molar-refractivity contribution in [2.45, 2.75) is 59.0 Å². The van der Waals surface area contributed by atoms with Crippen LogP contribution < -0.4 is 0 Å². The van der Waals surface area contributed by atoms with Crippen LogP contribution in [0.4, 0.5) is 0 Å². The summed E-state index contributed by atoms with van der Waals surface area (Å²) in [5.41, 5.74) is 6.57. The molecule has 0 aliphatic carbocycles. The molecular formula is C23H30N4O. The Hall–Kier alpha value is -2.27. The van der Waals surface area contributed by atoms with E-state index >= 15 is 0 Å². The van der Waals surface area contributed by atoms with Gasteiger partial charge in [0.05, 0.1) is 0 Å². The highest BCUT2D eigenvalue weighted by Crippen LogP contribution is 2.27. The van der Waals surface area contributed by atoms with Crippen molar-refractivity contribution >= 4 is 5.91 Å². The van der Waals surface area contributed by atoms with Gasteiger partial charge in [-0.15, -0.1) is 0 Å². The Balaban J connectivity index is 1.40. The van der Waals surface area contributed by atoms with Gasteiger partial charge in [0.15, 0.2) is 0 Å². The van der Waals surface area contributed by atoms with Gasteiger partial charge in [0.1, 0.15) is 5.82 Å². The number of fused-ring (bicyclic) bond motifs is 1. The Morgan fingerprint density at radius 3 is 2.64 bits per heavy atom. The fraction of sp³-hybridized carbons (Fsp3) is 0.522. The van der Waals surface area contributed by atoms with Crippen LogP contribution >= 0.6 is 0 Å². The van der Waals surface area contributed by atoms with Crippen LogP contribution in [0.2, 0.25) is 0 Å². The van der Waals surface area contributed by atoms with Gasteiger partial charge >= 0.3 is 0 Å². The Kier molecular flexibility index (Phi) is 5.44. The van der Waals surface area contributed by atoms with Crippen molar-refractivity contribution in [1.29, 1.82) is 0 Å². The zero-order valence-electron chi connectivity index (χ0n) is 17.2. The molecule has 1 saturated heterocycles. The lowest BCUT2D eigenvalue weighted by molar-refractivity contribution is -0.129. The third kappa shape index (κ3) is 4.09. The standard InChI is InChI=1S/C23H30N4O/c1-16-4-5-19(12-17(16)2)14-26-9-8-22-21(15-26)13-24-23(25-22)20-6-10-27(11-7-20)18(3)28/h4-5,12-13,20H,6-11,14-15H2,1-3H3. The second kappa shape index (κ2) is 8.00.